The summed E-state index contributed by atoms with van der Waals surface area (Å²) in [6, 6.07) is 12.3. The Labute approximate surface area is 80.2 Å². The van der Waals surface area contributed by atoms with Crippen LogP contribution in [0.1, 0.15) is 25.3 Å². The van der Waals surface area contributed by atoms with Crippen LogP contribution in [0.15, 0.2) is 30.3 Å². The molecule has 0 saturated carbocycles. The van der Waals surface area contributed by atoms with E-state index < -0.39 is 0 Å². The second-order valence-corrected chi connectivity index (χ2v) is 3.81. The third-order valence-electron chi connectivity index (χ3n) is 2.83. The van der Waals surface area contributed by atoms with E-state index in [1.54, 1.807) is 0 Å². The maximum absolute atomic E-state index is 3.49. The Morgan fingerprint density at radius 2 is 1.92 bits per heavy atom. The van der Waals surface area contributed by atoms with E-state index in [9.17, 15) is 0 Å². The number of aryl methyl sites for hydroxylation is 1. The summed E-state index contributed by atoms with van der Waals surface area (Å²) in [7, 11) is 0. The van der Waals surface area contributed by atoms with Crippen LogP contribution in [0, 0.1) is 0 Å². The van der Waals surface area contributed by atoms with Crippen molar-refractivity contribution in [3.63, 3.8) is 0 Å². The standard InChI is InChI=1S/C12H17N/c1-2-11-12(13-11)9-8-10-6-4-3-5-7-10/h3-7,11-13H,2,8-9H2,1H3. The molecule has 1 aromatic carbocycles. The topological polar surface area (TPSA) is 21.9 Å². The van der Waals surface area contributed by atoms with E-state index in [0.717, 1.165) is 12.1 Å². The summed E-state index contributed by atoms with van der Waals surface area (Å²) in [4.78, 5) is 0. The van der Waals surface area contributed by atoms with E-state index in [0.29, 0.717) is 0 Å². The van der Waals surface area contributed by atoms with Crippen LogP contribution in [-0.4, -0.2) is 12.1 Å². The lowest BCUT2D eigenvalue weighted by Crippen LogP contribution is -1.95. The zero-order chi connectivity index (χ0) is 9.10. The second kappa shape index (κ2) is 3.93. The Hall–Kier alpha value is -0.820. The van der Waals surface area contributed by atoms with E-state index in [-0.39, 0.29) is 0 Å². The molecule has 0 spiro atoms. The predicted molar refractivity (Wildman–Crippen MR) is 55.8 cm³/mol. The van der Waals surface area contributed by atoms with Crippen molar-refractivity contribution >= 4 is 0 Å². The molecule has 1 heterocycles. The largest absolute Gasteiger partial charge is 0.308 e. The third-order valence-corrected chi connectivity index (χ3v) is 2.83. The molecule has 1 saturated heterocycles. The lowest BCUT2D eigenvalue weighted by atomic mass is 10.1. The number of hydrogen-bond acceptors (Lipinski definition) is 1. The van der Waals surface area contributed by atoms with Gasteiger partial charge in [-0.05, 0) is 24.8 Å². The summed E-state index contributed by atoms with van der Waals surface area (Å²) in [5.74, 6) is 0. The van der Waals surface area contributed by atoms with Crippen molar-refractivity contribution < 1.29 is 0 Å². The van der Waals surface area contributed by atoms with Gasteiger partial charge in [-0.3, -0.25) is 0 Å². The summed E-state index contributed by atoms with van der Waals surface area (Å²) in [6.07, 6.45) is 3.79. The minimum atomic E-state index is 0.796. The monoisotopic (exact) mass is 175 g/mol. The molecule has 1 nitrogen and oxygen atoms in total. The van der Waals surface area contributed by atoms with Crippen LogP contribution in [-0.2, 0) is 6.42 Å². The molecule has 0 bridgehead atoms. The van der Waals surface area contributed by atoms with Crippen molar-refractivity contribution in [3.8, 4) is 0 Å². The molecule has 13 heavy (non-hydrogen) atoms. The second-order valence-electron chi connectivity index (χ2n) is 3.81. The van der Waals surface area contributed by atoms with Gasteiger partial charge in [0.1, 0.15) is 0 Å². The van der Waals surface area contributed by atoms with Gasteiger partial charge in [-0.25, -0.2) is 0 Å². The van der Waals surface area contributed by atoms with Gasteiger partial charge in [-0.1, -0.05) is 37.3 Å². The van der Waals surface area contributed by atoms with Gasteiger partial charge in [0.05, 0.1) is 0 Å². The van der Waals surface area contributed by atoms with E-state index in [1.807, 2.05) is 0 Å². The van der Waals surface area contributed by atoms with E-state index >= 15 is 0 Å². The molecule has 1 aliphatic heterocycles. The fraction of sp³-hybridized carbons (Fsp3) is 0.500. The third kappa shape index (κ3) is 2.31. The van der Waals surface area contributed by atoms with Crippen molar-refractivity contribution in [1.82, 2.24) is 5.32 Å². The van der Waals surface area contributed by atoms with Crippen molar-refractivity contribution in [2.45, 2.75) is 38.3 Å². The molecule has 1 aromatic rings. The van der Waals surface area contributed by atoms with Gasteiger partial charge >= 0.3 is 0 Å². The summed E-state index contributed by atoms with van der Waals surface area (Å²) in [5, 5.41) is 3.49. The Bertz CT molecular complexity index is 255. The first-order valence-corrected chi connectivity index (χ1v) is 5.20. The smallest absolute Gasteiger partial charge is 0.0227 e. The molecular formula is C12H17N. The molecule has 1 heteroatoms. The molecule has 2 unspecified atom stereocenters. The molecule has 2 atom stereocenters. The van der Waals surface area contributed by atoms with Gasteiger partial charge in [0.25, 0.3) is 0 Å². The van der Waals surface area contributed by atoms with Crippen molar-refractivity contribution in [2.75, 3.05) is 0 Å². The normalized spacial score (nSPS) is 25.9. The van der Waals surface area contributed by atoms with E-state index in [1.165, 1.54) is 24.8 Å². The number of benzene rings is 1. The number of hydrogen-bond donors (Lipinski definition) is 1. The summed E-state index contributed by atoms with van der Waals surface area (Å²) >= 11 is 0. The zero-order valence-electron chi connectivity index (χ0n) is 8.16. The molecular weight excluding hydrogens is 158 g/mol. The quantitative estimate of drug-likeness (QED) is 0.697. The van der Waals surface area contributed by atoms with Gasteiger partial charge in [-0.2, -0.15) is 0 Å². The van der Waals surface area contributed by atoms with Crippen LogP contribution < -0.4 is 5.32 Å². The Kier molecular flexibility index (Phi) is 2.65. The number of nitrogens with one attached hydrogen (secondary N) is 1. The van der Waals surface area contributed by atoms with E-state index in [4.69, 9.17) is 0 Å². The average Bonchev–Trinajstić information content (AvgIpc) is 2.95. The highest BCUT2D eigenvalue weighted by Gasteiger charge is 2.32. The first-order chi connectivity index (χ1) is 6.40. The van der Waals surface area contributed by atoms with Gasteiger partial charge < -0.3 is 5.32 Å². The van der Waals surface area contributed by atoms with Gasteiger partial charge in [0.15, 0.2) is 0 Å². The van der Waals surface area contributed by atoms with Gasteiger partial charge in [0, 0.05) is 12.1 Å². The summed E-state index contributed by atoms with van der Waals surface area (Å²) in [6.45, 7) is 2.25. The highest BCUT2D eigenvalue weighted by Crippen LogP contribution is 2.19. The SMILES string of the molecule is CCC1NC1CCc1ccccc1. The maximum Gasteiger partial charge on any atom is 0.0227 e. The molecule has 1 fully saturated rings. The first-order valence-electron chi connectivity index (χ1n) is 5.20. The minimum Gasteiger partial charge on any atom is -0.308 e. The fourth-order valence-corrected chi connectivity index (χ4v) is 1.87. The van der Waals surface area contributed by atoms with Crippen LogP contribution in [0.4, 0.5) is 0 Å². The Morgan fingerprint density at radius 1 is 1.15 bits per heavy atom. The first kappa shape index (κ1) is 8.76. The fourth-order valence-electron chi connectivity index (χ4n) is 1.87. The van der Waals surface area contributed by atoms with Gasteiger partial charge in [-0.15, -0.1) is 0 Å². The minimum absolute atomic E-state index is 0.796. The Morgan fingerprint density at radius 3 is 2.54 bits per heavy atom. The summed E-state index contributed by atoms with van der Waals surface area (Å²) < 4.78 is 0. The average molecular weight is 175 g/mol. The van der Waals surface area contributed by atoms with Crippen LogP contribution in [0.5, 0.6) is 0 Å². The molecule has 0 amide bonds. The van der Waals surface area contributed by atoms with Crippen LogP contribution in [0.3, 0.4) is 0 Å². The zero-order valence-corrected chi connectivity index (χ0v) is 8.16. The molecule has 2 rings (SSSR count). The number of rotatable bonds is 4. The Balaban J connectivity index is 1.75. The summed E-state index contributed by atoms with van der Waals surface area (Å²) in [5.41, 5.74) is 1.46. The molecule has 1 N–H and O–H groups in total. The molecule has 0 aliphatic carbocycles. The molecule has 1 aliphatic rings. The lowest BCUT2D eigenvalue weighted by Gasteiger charge is -1.98. The van der Waals surface area contributed by atoms with Crippen LogP contribution in [0.2, 0.25) is 0 Å². The molecule has 70 valence electrons. The highest BCUT2D eigenvalue weighted by atomic mass is 15.1. The molecule has 0 aromatic heterocycles. The van der Waals surface area contributed by atoms with Crippen molar-refractivity contribution in [1.29, 1.82) is 0 Å². The lowest BCUT2D eigenvalue weighted by molar-refractivity contribution is 0.762. The molecule has 0 radical (unpaired) electrons. The van der Waals surface area contributed by atoms with E-state index in [2.05, 4.69) is 42.6 Å². The highest BCUT2D eigenvalue weighted by molar-refractivity contribution is 5.15. The predicted octanol–water partition coefficient (Wildman–Crippen LogP) is 2.37. The van der Waals surface area contributed by atoms with Crippen LogP contribution in [0.25, 0.3) is 0 Å². The van der Waals surface area contributed by atoms with Crippen LogP contribution >= 0.6 is 0 Å². The van der Waals surface area contributed by atoms with Crippen molar-refractivity contribution in [3.05, 3.63) is 35.9 Å². The van der Waals surface area contributed by atoms with Crippen molar-refractivity contribution in [2.24, 2.45) is 0 Å². The van der Waals surface area contributed by atoms with Gasteiger partial charge in [0.2, 0.25) is 0 Å². The maximum atomic E-state index is 3.49.